The van der Waals surface area contributed by atoms with E-state index in [1.807, 2.05) is 12.1 Å². The zero-order valence-electron chi connectivity index (χ0n) is 19.8. The van der Waals surface area contributed by atoms with E-state index in [1.165, 1.54) is 16.7 Å². The molecule has 2 unspecified atom stereocenters. The summed E-state index contributed by atoms with van der Waals surface area (Å²) in [6, 6.07) is 15.6. The van der Waals surface area contributed by atoms with Crippen LogP contribution < -0.4 is 18.9 Å². The summed E-state index contributed by atoms with van der Waals surface area (Å²) >= 11 is 0. The third-order valence-corrected chi connectivity index (χ3v) is 7.73. The van der Waals surface area contributed by atoms with Crippen molar-refractivity contribution in [2.75, 3.05) is 27.6 Å². The molecule has 8 nitrogen and oxygen atoms in total. The average Bonchev–Trinajstić information content (AvgIpc) is 3.33. The second kappa shape index (κ2) is 8.16. The summed E-state index contributed by atoms with van der Waals surface area (Å²) in [5.74, 6) is 3.10. The molecule has 0 saturated heterocycles. The van der Waals surface area contributed by atoms with Gasteiger partial charge in [0.25, 0.3) is 5.69 Å². The molecule has 8 heteroatoms. The molecule has 3 heterocycles. The normalized spacial score (nSPS) is 21.5. The highest BCUT2D eigenvalue weighted by Gasteiger charge is 2.48. The second-order valence-corrected chi connectivity index (χ2v) is 9.50. The summed E-state index contributed by atoms with van der Waals surface area (Å²) in [6.45, 7) is 2.58. The number of nitro groups is 1. The van der Waals surface area contributed by atoms with Gasteiger partial charge in [0.1, 0.15) is 19.1 Å². The topological polar surface area (TPSA) is 80.1 Å². The number of methoxy groups -OCH3 is 2. The highest BCUT2D eigenvalue weighted by molar-refractivity contribution is 5.54. The summed E-state index contributed by atoms with van der Waals surface area (Å²) in [6.07, 6.45) is 1.72. The molecule has 35 heavy (non-hydrogen) atoms. The van der Waals surface area contributed by atoms with Gasteiger partial charge in [0.2, 0.25) is 6.79 Å². The maximum atomic E-state index is 11.5. The van der Waals surface area contributed by atoms with E-state index in [9.17, 15) is 10.1 Å². The Hall–Kier alpha value is -3.78. The van der Waals surface area contributed by atoms with Crippen LogP contribution in [0.2, 0.25) is 0 Å². The van der Waals surface area contributed by atoms with E-state index in [0.29, 0.717) is 6.54 Å². The van der Waals surface area contributed by atoms with Crippen molar-refractivity contribution < 1.29 is 28.4 Å². The fourth-order valence-electron chi connectivity index (χ4n) is 6.11. The summed E-state index contributed by atoms with van der Waals surface area (Å²) in [5.41, 5.74) is 6.03. The number of fused-ring (bicyclic) bond motifs is 5. The molecule has 0 aliphatic carbocycles. The van der Waals surface area contributed by atoms with Gasteiger partial charge in [0.15, 0.2) is 23.0 Å². The number of hydrogen-bond donors (Lipinski definition) is 0. The molecule has 0 aromatic heterocycles. The Labute approximate surface area is 203 Å². The number of nitrogens with zero attached hydrogens (tertiary/aromatic N) is 2. The first kappa shape index (κ1) is 21.7. The highest BCUT2D eigenvalue weighted by Crippen LogP contribution is 2.51. The molecule has 0 spiro atoms. The third kappa shape index (κ3) is 3.47. The van der Waals surface area contributed by atoms with Crippen LogP contribution in [0, 0.1) is 10.1 Å². The number of non-ortho nitro benzene ring substituents is 1. The van der Waals surface area contributed by atoms with E-state index >= 15 is 0 Å². The van der Waals surface area contributed by atoms with Crippen molar-refractivity contribution in [3.63, 3.8) is 0 Å². The van der Waals surface area contributed by atoms with Crippen LogP contribution in [-0.2, 0) is 25.9 Å². The first-order valence-electron chi connectivity index (χ1n) is 11.8. The van der Waals surface area contributed by atoms with Gasteiger partial charge in [-0.3, -0.25) is 10.1 Å². The molecule has 0 bridgehead atoms. The SMILES string of the molecule is COc1ccc2c(c1OC)C[N+]1(Cc3cccc([N+](=O)[O-])c3)CCc3cc4c(cc3C1C2)OCO4. The number of hydrogen-bond acceptors (Lipinski definition) is 6. The van der Waals surface area contributed by atoms with Crippen LogP contribution in [0.1, 0.15) is 33.9 Å². The molecule has 0 radical (unpaired) electrons. The summed E-state index contributed by atoms with van der Waals surface area (Å²) in [5, 5.41) is 11.5. The molecule has 3 aliphatic heterocycles. The van der Waals surface area contributed by atoms with Crippen molar-refractivity contribution in [2.24, 2.45) is 0 Å². The molecule has 0 N–H and O–H groups in total. The van der Waals surface area contributed by atoms with Crippen molar-refractivity contribution in [1.82, 2.24) is 0 Å². The molecule has 0 saturated carbocycles. The van der Waals surface area contributed by atoms with Crippen LogP contribution in [0.3, 0.4) is 0 Å². The Morgan fingerprint density at radius 1 is 1.06 bits per heavy atom. The minimum atomic E-state index is -0.327. The van der Waals surface area contributed by atoms with Crippen LogP contribution in [0.5, 0.6) is 23.0 Å². The predicted molar refractivity (Wildman–Crippen MR) is 128 cm³/mol. The van der Waals surface area contributed by atoms with Crippen LogP contribution in [0.15, 0.2) is 48.5 Å². The van der Waals surface area contributed by atoms with Gasteiger partial charge in [-0.2, -0.15) is 0 Å². The fraction of sp³-hybridized carbons (Fsp3) is 0.333. The van der Waals surface area contributed by atoms with Crippen molar-refractivity contribution in [1.29, 1.82) is 0 Å². The molecule has 3 aromatic carbocycles. The molecule has 3 aliphatic rings. The van der Waals surface area contributed by atoms with E-state index in [-0.39, 0.29) is 23.4 Å². The molecular weight excluding hydrogens is 448 g/mol. The first-order valence-corrected chi connectivity index (χ1v) is 11.8. The zero-order valence-corrected chi connectivity index (χ0v) is 19.8. The van der Waals surface area contributed by atoms with Crippen molar-refractivity contribution in [3.8, 4) is 23.0 Å². The number of quaternary nitrogens is 1. The monoisotopic (exact) mass is 475 g/mol. The molecule has 0 amide bonds. The molecule has 0 fully saturated rings. The Morgan fingerprint density at radius 2 is 1.89 bits per heavy atom. The molecule has 6 rings (SSSR count). The average molecular weight is 476 g/mol. The van der Waals surface area contributed by atoms with Gasteiger partial charge in [-0.25, -0.2) is 0 Å². The van der Waals surface area contributed by atoms with Gasteiger partial charge in [-0.1, -0.05) is 18.2 Å². The van der Waals surface area contributed by atoms with Crippen LogP contribution in [0.25, 0.3) is 0 Å². The Bertz CT molecular complexity index is 1340. The van der Waals surface area contributed by atoms with E-state index < -0.39 is 0 Å². The first-order chi connectivity index (χ1) is 17.0. The molecule has 3 aromatic rings. The Morgan fingerprint density at radius 3 is 2.66 bits per heavy atom. The van der Waals surface area contributed by atoms with Gasteiger partial charge in [-0.05, 0) is 29.3 Å². The molecular formula is C27H27N2O6+. The largest absolute Gasteiger partial charge is 0.493 e. The van der Waals surface area contributed by atoms with Gasteiger partial charge >= 0.3 is 0 Å². The van der Waals surface area contributed by atoms with E-state index in [1.54, 1.807) is 32.4 Å². The minimum Gasteiger partial charge on any atom is -0.493 e. The van der Waals surface area contributed by atoms with Crippen LogP contribution in [-0.4, -0.2) is 37.0 Å². The summed E-state index contributed by atoms with van der Waals surface area (Å²) < 4.78 is 23.6. The number of rotatable bonds is 5. The lowest BCUT2D eigenvalue weighted by Crippen LogP contribution is -2.55. The van der Waals surface area contributed by atoms with E-state index in [0.717, 1.165) is 64.5 Å². The Balaban J connectivity index is 1.50. The quantitative estimate of drug-likeness (QED) is 0.302. The molecule has 180 valence electrons. The summed E-state index contributed by atoms with van der Waals surface area (Å²) in [4.78, 5) is 11.1. The number of ether oxygens (including phenoxy) is 4. The van der Waals surface area contributed by atoms with Crippen LogP contribution >= 0.6 is 0 Å². The summed E-state index contributed by atoms with van der Waals surface area (Å²) in [7, 11) is 3.34. The van der Waals surface area contributed by atoms with Crippen molar-refractivity contribution in [2.45, 2.75) is 32.0 Å². The maximum Gasteiger partial charge on any atom is 0.269 e. The lowest BCUT2D eigenvalue weighted by atomic mass is 9.80. The van der Waals surface area contributed by atoms with Gasteiger partial charge in [0.05, 0.1) is 31.3 Å². The van der Waals surface area contributed by atoms with Crippen molar-refractivity contribution >= 4 is 5.69 Å². The highest BCUT2D eigenvalue weighted by atomic mass is 16.7. The van der Waals surface area contributed by atoms with E-state index in [4.69, 9.17) is 18.9 Å². The molecule has 2 atom stereocenters. The smallest absolute Gasteiger partial charge is 0.269 e. The van der Waals surface area contributed by atoms with Gasteiger partial charge in [0, 0.05) is 36.1 Å². The lowest BCUT2D eigenvalue weighted by molar-refractivity contribution is -0.985. The number of benzene rings is 3. The standard InChI is InChI=1S/C27H27N2O6/c1-32-24-7-6-18-11-23-21-13-26-25(34-16-35-26)12-19(21)8-9-29(23,15-22(18)27(24)33-2)14-17-4-3-5-20(10-17)28(30)31/h3-7,10,12-13,23H,8-9,11,14-16H2,1-2H3/q+1. The van der Waals surface area contributed by atoms with Gasteiger partial charge < -0.3 is 23.4 Å². The minimum absolute atomic E-state index is 0.120. The maximum absolute atomic E-state index is 11.5. The Kier molecular flexibility index (Phi) is 5.07. The zero-order chi connectivity index (χ0) is 24.2. The predicted octanol–water partition coefficient (Wildman–Crippen LogP) is 4.71. The lowest BCUT2D eigenvalue weighted by Gasteiger charge is -2.51. The number of nitro benzene ring substituents is 1. The van der Waals surface area contributed by atoms with Crippen molar-refractivity contribution in [3.05, 3.63) is 86.5 Å². The van der Waals surface area contributed by atoms with Gasteiger partial charge in [-0.15, -0.1) is 0 Å². The van der Waals surface area contributed by atoms with Crippen LogP contribution in [0.4, 0.5) is 5.69 Å². The fourth-order valence-corrected chi connectivity index (χ4v) is 6.11. The third-order valence-electron chi connectivity index (χ3n) is 7.73. The second-order valence-electron chi connectivity index (χ2n) is 9.50. The van der Waals surface area contributed by atoms with E-state index in [2.05, 4.69) is 18.2 Å².